The third kappa shape index (κ3) is 4.72. The van der Waals surface area contributed by atoms with Crippen molar-refractivity contribution in [1.82, 2.24) is 9.80 Å². The number of rotatable bonds is 5. The predicted octanol–water partition coefficient (Wildman–Crippen LogP) is 2.71. The molecule has 35 heavy (non-hydrogen) atoms. The van der Waals surface area contributed by atoms with E-state index in [1.165, 1.54) is 0 Å². The Bertz CT molecular complexity index is 1200. The van der Waals surface area contributed by atoms with Gasteiger partial charge in [-0.15, -0.1) is 0 Å². The van der Waals surface area contributed by atoms with Gasteiger partial charge in [-0.2, -0.15) is 0 Å². The van der Waals surface area contributed by atoms with Crippen molar-refractivity contribution in [1.29, 1.82) is 0 Å². The third-order valence-corrected chi connectivity index (χ3v) is 5.86. The molecule has 2 aromatic rings. The number of carbonyl (C=O) groups excluding carboxylic acids is 3. The first-order valence-corrected chi connectivity index (χ1v) is 11.3. The summed E-state index contributed by atoms with van der Waals surface area (Å²) >= 11 is 0. The van der Waals surface area contributed by atoms with Crippen LogP contribution in [0, 0.1) is 0 Å². The number of amides is 2. The molecule has 2 amide bonds. The van der Waals surface area contributed by atoms with Crippen molar-refractivity contribution in [2.45, 2.75) is 6.92 Å². The van der Waals surface area contributed by atoms with Gasteiger partial charge in [-0.05, 0) is 42.8 Å². The normalized spacial score (nSPS) is 17.3. The number of ether oxygens (including phenoxy) is 5. The lowest BCUT2D eigenvalue weighted by Gasteiger charge is -2.33. The van der Waals surface area contributed by atoms with Gasteiger partial charge >= 0.3 is 6.09 Å². The Morgan fingerprint density at radius 1 is 0.971 bits per heavy atom. The quantitative estimate of drug-likeness (QED) is 0.602. The summed E-state index contributed by atoms with van der Waals surface area (Å²) in [5.74, 6) is 1.83. The molecule has 0 aromatic heterocycles. The lowest BCUT2D eigenvalue weighted by molar-refractivity contribution is -0.134. The van der Waals surface area contributed by atoms with Gasteiger partial charge in [-0.25, -0.2) is 4.79 Å². The van der Waals surface area contributed by atoms with Crippen molar-refractivity contribution in [3.8, 4) is 23.0 Å². The Hall–Kier alpha value is -4.21. The molecule has 0 saturated carbocycles. The highest BCUT2D eigenvalue weighted by Gasteiger charge is 2.29. The van der Waals surface area contributed by atoms with Gasteiger partial charge in [0.25, 0.3) is 5.91 Å². The Morgan fingerprint density at radius 3 is 2.54 bits per heavy atom. The van der Waals surface area contributed by atoms with Crippen LogP contribution in [-0.2, 0) is 9.53 Å². The molecule has 10 heteroatoms. The molecule has 10 nitrogen and oxygen atoms in total. The van der Waals surface area contributed by atoms with Crippen LogP contribution < -0.4 is 18.9 Å². The van der Waals surface area contributed by atoms with E-state index in [-0.39, 0.29) is 36.9 Å². The fourth-order valence-corrected chi connectivity index (χ4v) is 4.00. The third-order valence-electron chi connectivity index (χ3n) is 5.86. The summed E-state index contributed by atoms with van der Waals surface area (Å²) in [7, 11) is 0. The second-order valence-electron chi connectivity index (χ2n) is 8.07. The molecule has 0 N–H and O–H groups in total. The summed E-state index contributed by atoms with van der Waals surface area (Å²) in [6.45, 7) is 3.74. The summed E-state index contributed by atoms with van der Waals surface area (Å²) in [6, 6.07) is 10.2. The maximum absolute atomic E-state index is 12.7. The zero-order valence-electron chi connectivity index (χ0n) is 19.2. The van der Waals surface area contributed by atoms with E-state index < -0.39 is 0 Å². The number of Topliss-reactive ketones (excluding diaryl/α,β-unsaturated/α-hetero) is 1. The van der Waals surface area contributed by atoms with Gasteiger partial charge in [0.2, 0.25) is 12.6 Å². The fourth-order valence-electron chi connectivity index (χ4n) is 4.00. The number of allylic oxidation sites excluding steroid dienone is 1. The van der Waals surface area contributed by atoms with Crippen LogP contribution in [0.15, 0.2) is 42.2 Å². The van der Waals surface area contributed by atoms with Crippen LogP contribution in [-0.4, -0.2) is 73.8 Å². The molecule has 3 aliphatic rings. The molecule has 2 aromatic carbocycles. The van der Waals surface area contributed by atoms with Gasteiger partial charge in [0.05, 0.1) is 12.2 Å². The van der Waals surface area contributed by atoms with Gasteiger partial charge < -0.3 is 33.5 Å². The highest BCUT2D eigenvalue weighted by molar-refractivity contribution is 6.14. The molecule has 1 saturated heterocycles. The number of piperazine rings is 1. The van der Waals surface area contributed by atoms with Crippen LogP contribution >= 0.6 is 0 Å². The van der Waals surface area contributed by atoms with E-state index in [0.29, 0.717) is 61.3 Å². The first kappa shape index (κ1) is 22.6. The summed E-state index contributed by atoms with van der Waals surface area (Å²) < 4.78 is 27.1. The Morgan fingerprint density at radius 2 is 1.74 bits per heavy atom. The molecule has 182 valence electrons. The smallest absolute Gasteiger partial charge is 0.409 e. The molecule has 0 bridgehead atoms. The number of hydrogen-bond donors (Lipinski definition) is 0. The van der Waals surface area contributed by atoms with Crippen LogP contribution in [0.5, 0.6) is 23.0 Å². The Kier molecular flexibility index (Phi) is 6.17. The number of benzene rings is 2. The van der Waals surface area contributed by atoms with E-state index in [1.54, 1.807) is 53.1 Å². The van der Waals surface area contributed by atoms with Crippen LogP contribution in [0.2, 0.25) is 0 Å². The van der Waals surface area contributed by atoms with Crippen molar-refractivity contribution in [2.24, 2.45) is 0 Å². The Labute approximate surface area is 201 Å². The first-order chi connectivity index (χ1) is 17.0. The minimum absolute atomic E-state index is 0.161. The van der Waals surface area contributed by atoms with Crippen molar-refractivity contribution >= 4 is 23.9 Å². The minimum Gasteiger partial charge on any atom is -0.484 e. The minimum atomic E-state index is -0.365. The first-order valence-electron chi connectivity index (χ1n) is 11.3. The second-order valence-corrected chi connectivity index (χ2v) is 8.07. The zero-order chi connectivity index (χ0) is 24.4. The summed E-state index contributed by atoms with van der Waals surface area (Å²) in [4.78, 5) is 40.3. The highest BCUT2D eigenvalue weighted by Crippen LogP contribution is 2.37. The van der Waals surface area contributed by atoms with Crippen molar-refractivity contribution < 1.29 is 38.1 Å². The van der Waals surface area contributed by atoms with E-state index in [0.717, 1.165) is 5.56 Å². The SMILES string of the molecule is CCOC(=O)N1CCN(C(=O)COc2ccc3c(c2)OC(=Cc2ccc4c(c2)OCO4)C3=O)CC1. The average molecular weight is 480 g/mol. The maximum Gasteiger partial charge on any atom is 0.409 e. The molecule has 0 spiro atoms. The summed E-state index contributed by atoms with van der Waals surface area (Å²) in [5, 5.41) is 0. The van der Waals surface area contributed by atoms with E-state index in [4.69, 9.17) is 23.7 Å². The Balaban J connectivity index is 1.18. The number of carbonyl (C=O) groups is 3. The fraction of sp³-hybridized carbons (Fsp3) is 0.320. The molecule has 3 aliphatic heterocycles. The van der Waals surface area contributed by atoms with Crippen molar-refractivity contribution in [3.63, 3.8) is 0 Å². The lowest BCUT2D eigenvalue weighted by atomic mass is 10.1. The molecule has 0 atom stereocenters. The number of ketones is 1. The molecule has 1 fully saturated rings. The van der Waals surface area contributed by atoms with Gasteiger partial charge in [0.15, 0.2) is 23.9 Å². The second kappa shape index (κ2) is 9.57. The van der Waals surface area contributed by atoms with Gasteiger partial charge in [-0.1, -0.05) is 6.07 Å². The van der Waals surface area contributed by atoms with E-state index in [9.17, 15) is 14.4 Å². The van der Waals surface area contributed by atoms with E-state index in [1.807, 2.05) is 6.07 Å². The van der Waals surface area contributed by atoms with Crippen LogP contribution in [0.25, 0.3) is 6.08 Å². The van der Waals surface area contributed by atoms with Crippen molar-refractivity contribution in [3.05, 3.63) is 53.3 Å². The van der Waals surface area contributed by atoms with Crippen LogP contribution in [0.1, 0.15) is 22.8 Å². The van der Waals surface area contributed by atoms with Crippen molar-refractivity contribution in [2.75, 3.05) is 46.2 Å². The predicted molar refractivity (Wildman–Crippen MR) is 123 cm³/mol. The highest BCUT2D eigenvalue weighted by atomic mass is 16.7. The van der Waals surface area contributed by atoms with E-state index in [2.05, 4.69) is 0 Å². The lowest BCUT2D eigenvalue weighted by Crippen LogP contribution is -2.51. The number of fused-ring (bicyclic) bond motifs is 2. The van der Waals surface area contributed by atoms with Gasteiger partial charge in [0.1, 0.15) is 11.5 Å². The molecule has 3 heterocycles. The topological polar surface area (TPSA) is 104 Å². The molecule has 0 unspecified atom stereocenters. The van der Waals surface area contributed by atoms with Crippen LogP contribution in [0.3, 0.4) is 0 Å². The zero-order valence-corrected chi connectivity index (χ0v) is 19.2. The largest absolute Gasteiger partial charge is 0.484 e. The van der Waals surface area contributed by atoms with E-state index >= 15 is 0 Å². The molecule has 5 rings (SSSR count). The molecular formula is C25H24N2O8. The standard InChI is InChI=1S/C25H24N2O8/c1-2-31-25(30)27-9-7-26(8-10-27)23(28)14-32-17-4-5-18-20(13-17)35-22(24(18)29)12-16-3-6-19-21(11-16)34-15-33-19/h3-6,11-13H,2,7-10,14-15H2,1H3. The molecular weight excluding hydrogens is 456 g/mol. The summed E-state index contributed by atoms with van der Waals surface area (Å²) in [5.41, 5.74) is 1.17. The van der Waals surface area contributed by atoms with Gasteiger partial charge in [0, 0.05) is 32.2 Å². The van der Waals surface area contributed by atoms with Gasteiger partial charge in [-0.3, -0.25) is 9.59 Å². The number of hydrogen-bond acceptors (Lipinski definition) is 8. The van der Waals surface area contributed by atoms with Crippen LogP contribution in [0.4, 0.5) is 4.79 Å². The molecule has 0 radical (unpaired) electrons. The monoisotopic (exact) mass is 480 g/mol. The number of nitrogens with zero attached hydrogens (tertiary/aromatic N) is 2. The average Bonchev–Trinajstić information content (AvgIpc) is 3.46. The summed E-state index contributed by atoms with van der Waals surface area (Å²) in [6.07, 6.45) is 1.28. The maximum atomic E-state index is 12.7. The molecule has 0 aliphatic carbocycles.